The van der Waals surface area contributed by atoms with Gasteiger partial charge in [-0.3, -0.25) is 4.79 Å². The molecule has 0 amide bonds. The quantitative estimate of drug-likeness (QED) is 0.720. The molecule has 3 nitrogen and oxygen atoms in total. The van der Waals surface area contributed by atoms with Gasteiger partial charge in [0.1, 0.15) is 6.04 Å². The van der Waals surface area contributed by atoms with Gasteiger partial charge in [-0.25, -0.2) is 0 Å². The fourth-order valence-electron chi connectivity index (χ4n) is 3.13. The Hall–Kier alpha value is -0.570. The van der Waals surface area contributed by atoms with E-state index in [2.05, 4.69) is 13.8 Å². The second kappa shape index (κ2) is 7.00. The summed E-state index contributed by atoms with van der Waals surface area (Å²) < 4.78 is 0. The van der Waals surface area contributed by atoms with Crippen molar-refractivity contribution >= 4 is 5.97 Å². The number of hydrogen-bond donors (Lipinski definition) is 2. The van der Waals surface area contributed by atoms with E-state index in [0.29, 0.717) is 12.3 Å². The Bertz CT molecular complexity index is 236. The first-order valence-corrected chi connectivity index (χ1v) is 7.03. The van der Waals surface area contributed by atoms with Gasteiger partial charge in [0.2, 0.25) is 0 Å². The third-order valence-electron chi connectivity index (χ3n) is 4.39. The SMILES string of the molecule is CCC(CC(N)C(=O)O)CC(C)C1CCCC1. The fraction of sp³-hybridized carbons (Fsp3) is 0.929. The van der Waals surface area contributed by atoms with Gasteiger partial charge in [0.15, 0.2) is 0 Å². The molecule has 1 rings (SSSR count). The standard InChI is InChI=1S/C14H27NO2/c1-3-11(9-13(15)14(16)17)8-10(2)12-6-4-5-7-12/h10-13H,3-9,15H2,1-2H3,(H,16,17). The fourth-order valence-corrected chi connectivity index (χ4v) is 3.13. The number of rotatable bonds is 7. The second-order valence-corrected chi connectivity index (χ2v) is 5.71. The highest BCUT2D eigenvalue weighted by Gasteiger charge is 2.25. The highest BCUT2D eigenvalue weighted by atomic mass is 16.4. The summed E-state index contributed by atoms with van der Waals surface area (Å²) in [6.07, 6.45) is 8.29. The van der Waals surface area contributed by atoms with Crippen molar-refractivity contribution in [1.29, 1.82) is 0 Å². The van der Waals surface area contributed by atoms with E-state index >= 15 is 0 Å². The molecule has 3 heteroatoms. The lowest BCUT2D eigenvalue weighted by Gasteiger charge is -2.25. The van der Waals surface area contributed by atoms with Gasteiger partial charge in [0, 0.05) is 0 Å². The van der Waals surface area contributed by atoms with E-state index in [1.165, 1.54) is 25.7 Å². The molecule has 100 valence electrons. The molecule has 1 fully saturated rings. The summed E-state index contributed by atoms with van der Waals surface area (Å²) in [5, 5.41) is 8.85. The van der Waals surface area contributed by atoms with Gasteiger partial charge in [-0.15, -0.1) is 0 Å². The Morgan fingerprint density at radius 3 is 2.41 bits per heavy atom. The van der Waals surface area contributed by atoms with Gasteiger partial charge < -0.3 is 10.8 Å². The van der Waals surface area contributed by atoms with Crippen molar-refractivity contribution < 1.29 is 9.90 Å². The third-order valence-corrected chi connectivity index (χ3v) is 4.39. The van der Waals surface area contributed by atoms with Gasteiger partial charge in [0.05, 0.1) is 0 Å². The molecule has 0 bridgehead atoms. The van der Waals surface area contributed by atoms with Crippen LogP contribution in [-0.4, -0.2) is 17.1 Å². The van der Waals surface area contributed by atoms with Crippen molar-refractivity contribution in [1.82, 2.24) is 0 Å². The number of aliphatic carboxylic acids is 1. The Morgan fingerprint density at radius 1 is 1.35 bits per heavy atom. The number of carboxylic acids is 1. The van der Waals surface area contributed by atoms with Crippen molar-refractivity contribution in [3.63, 3.8) is 0 Å². The number of nitrogens with two attached hydrogens (primary N) is 1. The van der Waals surface area contributed by atoms with Crippen LogP contribution in [0.1, 0.15) is 58.8 Å². The van der Waals surface area contributed by atoms with Crippen LogP contribution in [0.3, 0.4) is 0 Å². The van der Waals surface area contributed by atoms with E-state index in [-0.39, 0.29) is 0 Å². The summed E-state index contributed by atoms with van der Waals surface area (Å²) in [7, 11) is 0. The van der Waals surface area contributed by atoms with Crippen LogP contribution in [-0.2, 0) is 4.79 Å². The van der Waals surface area contributed by atoms with Crippen LogP contribution < -0.4 is 5.73 Å². The van der Waals surface area contributed by atoms with Crippen molar-refractivity contribution in [2.75, 3.05) is 0 Å². The minimum atomic E-state index is -0.864. The molecule has 0 aromatic carbocycles. The third kappa shape index (κ3) is 4.66. The molecular formula is C14H27NO2. The predicted octanol–water partition coefficient (Wildman–Crippen LogP) is 3.03. The van der Waals surface area contributed by atoms with E-state index in [1.54, 1.807) is 0 Å². The van der Waals surface area contributed by atoms with Crippen LogP contribution in [0.5, 0.6) is 0 Å². The molecule has 3 unspecified atom stereocenters. The zero-order chi connectivity index (χ0) is 12.8. The molecule has 0 heterocycles. The Morgan fingerprint density at radius 2 is 1.94 bits per heavy atom. The lowest BCUT2D eigenvalue weighted by atomic mass is 9.81. The monoisotopic (exact) mass is 241 g/mol. The summed E-state index contributed by atoms with van der Waals surface area (Å²) in [6.45, 7) is 4.46. The molecule has 17 heavy (non-hydrogen) atoms. The zero-order valence-electron chi connectivity index (χ0n) is 11.2. The summed E-state index contributed by atoms with van der Waals surface area (Å²) in [5.74, 6) is 1.20. The molecule has 0 spiro atoms. The second-order valence-electron chi connectivity index (χ2n) is 5.71. The molecule has 0 aliphatic heterocycles. The van der Waals surface area contributed by atoms with Gasteiger partial charge in [-0.1, -0.05) is 46.0 Å². The largest absolute Gasteiger partial charge is 0.480 e. The lowest BCUT2D eigenvalue weighted by molar-refractivity contribution is -0.139. The minimum absolute atomic E-state index is 0.469. The first-order valence-electron chi connectivity index (χ1n) is 7.03. The topological polar surface area (TPSA) is 63.3 Å². The molecule has 3 atom stereocenters. The summed E-state index contributed by atoms with van der Waals surface area (Å²) >= 11 is 0. The van der Waals surface area contributed by atoms with E-state index < -0.39 is 12.0 Å². The van der Waals surface area contributed by atoms with Crippen molar-refractivity contribution in [3.05, 3.63) is 0 Å². The number of hydrogen-bond acceptors (Lipinski definition) is 2. The zero-order valence-corrected chi connectivity index (χ0v) is 11.2. The number of carbonyl (C=O) groups is 1. The Labute approximate surface area is 105 Å². The van der Waals surface area contributed by atoms with Crippen molar-refractivity contribution in [2.24, 2.45) is 23.5 Å². The normalized spacial score (nSPS) is 22.3. The molecular weight excluding hydrogens is 214 g/mol. The summed E-state index contributed by atoms with van der Waals surface area (Å²) in [5.41, 5.74) is 5.62. The van der Waals surface area contributed by atoms with Crippen molar-refractivity contribution in [2.45, 2.75) is 64.8 Å². The first kappa shape index (κ1) is 14.5. The van der Waals surface area contributed by atoms with E-state index in [4.69, 9.17) is 10.8 Å². The summed E-state index contributed by atoms with van der Waals surface area (Å²) in [4.78, 5) is 10.8. The van der Waals surface area contributed by atoms with Gasteiger partial charge >= 0.3 is 5.97 Å². The van der Waals surface area contributed by atoms with Crippen LogP contribution >= 0.6 is 0 Å². The maximum atomic E-state index is 10.8. The first-order chi connectivity index (χ1) is 8.04. The molecule has 0 radical (unpaired) electrons. The highest BCUT2D eigenvalue weighted by Crippen LogP contribution is 2.35. The van der Waals surface area contributed by atoms with Crippen LogP contribution in [0, 0.1) is 17.8 Å². The van der Waals surface area contributed by atoms with E-state index in [0.717, 1.165) is 24.7 Å². The molecule has 0 aromatic rings. The summed E-state index contributed by atoms with van der Waals surface area (Å²) in [6, 6.07) is -0.685. The van der Waals surface area contributed by atoms with Crippen LogP contribution in [0.2, 0.25) is 0 Å². The minimum Gasteiger partial charge on any atom is -0.480 e. The Kier molecular flexibility index (Phi) is 5.96. The van der Waals surface area contributed by atoms with Crippen LogP contribution in [0.25, 0.3) is 0 Å². The van der Waals surface area contributed by atoms with E-state index in [1.807, 2.05) is 0 Å². The number of carboxylic acid groups (broad SMARTS) is 1. The van der Waals surface area contributed by atoms with E-state index in [9.17, 15) is 4.79 Å². The predicted molar refractivity (Wildman–Crippen MR) is 69.7 cm³/mol. The van der Waals surface area contributed by atoms with Crippen molar-refractivity contribution in [3.8, 4) is 0 Å². The molecule has 3 N–H and O–H groups in total. The van der Waals surface area contributed by atoms with Crippen LogP contribution in [0.15, 0.2) is 0 Å². The average Bonchev–Trinajstić information content (AvgIpc) is 2.81. The van der Waals surface area contributed by atoms with Gasteiger partial charge in [-0.05, 0) is 30.6 Å². The lowest BCUT2D eigenvalue weighted by Crippen LogP contribution is -2.33. The van der Waals surface area contributed by atoms with Gasteiger partial charge in [0.25, 0.3) is 0 Å². The maximum Gasteiger partial charge on any atom is 0.320 e. The molecule has 1 saturated carbocycles. The smallest absolute Gasteiger partial charge is 0.320 e. The van der Waals surface area contributed by atoms with Crippen LogP contribution in [0.4, 0.5) is 0 Å². The molecule has 1 aliphatic carbocycles. The molecule has 1 aliphatic rings. The highest BCUT2D eigenvalue weighted by molar-refractivity contribution is 5.73. The Balaban J connectivity index is 2.37. The average molecular weight is 241 g/mol. The molecule has 0 aromatic heterocycles. The maximum absolute atomic E-state index is 10.8. The van der Waals surface area contributed by atoms with Gasteiger partial charge in [-0.2, -0.15) is 0 Å². The molecule has 0 saturated heterocycles.